The molecule has 0 radical (unpaired) electrons. The number of aliphatic imine (C=N–C) groups is 1. The van der Waals surface area contributed by atoms with Crippen LogP contribution in [0.15, 0.2) is 35.3 Å². The van der Waals surface area contributed by atoms with Gasteiger partial charge in [-0.25, -0.2) is 0 Å². The van der Waals surface area contributed by atoms with Crippen LogP contribution in [0.4, 0.5) is 0 Å². The number of benzene rings is 1. The van der Waals surface area contributed by atoms with Crippen LogP contribution in [0.1, 0.15) is 19.4 Å². The van der Waals surface area contributed by atoms with Gasteiger partial charge in [0, 0.05) is 39.3 Å². The zero-order chi connectivity index (χ0) is 17.0. The van der Waals surface area contributed by atoms with E-state index in [-0.39, 0.29) is 24.0 Å². The van der Waals surface area contributed by atoms with E-state index in [1.807, 2.05) is 0 Å². The molecule has 1 aromatic rings. The van der Waals surface area contributed by atoms with Crippen molar-refractivity contribution in [3.8, 4) is 0 Å². The average molecular weight is 460 g/mol. The lowest BCUT2D eigenvalue weighted by Gasteiger charge is -2.28. The fourth-order valence-electron chi connectivity index (χ4n) is 2.84. The van der Waals surface area contributed by atoms with E-state index in [9.17, 15) is 0 Å². The molecule has 25 heavy (non-hydrogen) atoms. The summed E-state index contributed by atoms with van der Waals surface area (Å²) in [5.41, 5.74) is 1.35. The SMILES string of the molecule is CCNC(=NCC(C)CN1CCOCC1)NCCc1ccccc1.I. The maximum atomic E-state index is 5.40. The summed E-state index contributed by atoms with van der Waals surface area (Å²) in [7, 11) is 0. The molecule has 1 aliphatic rings. The molecular weight excluding hydrogens is 427 g/mol. The van der Waals surface area contributed by atoms with E-state index in [2.05, 4.69) is 59.7 Å². The summed E-state index contributed by atoms with van der Waals surface area (Å²) in [5.74, 6) is 1.47. The van der Waals surface area contributed by atoms with Gasteiger partial charge in [-0.05, 0) is 24.8 Å². The number of halogens is 1. The van der Waals surface area contributed by atoms with Crippen LogP contribution in [0, 0.1) is 5.92 Å². The van der Waals surface area contributed by atoms with Crippen molar-refractivity contribution in [1.82, 2.24) is 15.5 Å². The van der Waals surface area contributed by atoms with Gasteiger partial charge in [-0.1, -0.05) is 37.3 Å². The Balaban J connectivity index is 0.00000312. The lowest BCUT2D eigenvalue weighted by atomic mass is 10.1. The number of hydrogen-bond donors (Lipinski definition) is 2. The minimum Gasteiger partial charge on any atom is -0.379 e. The molecule has 0 bridgehead atoms. The van der Waals surface area contributed by atoms with Crippen molar-refractivity contribution in [3.05, 3.63) is 35.9 Å². The Morgan fingerprint density at radius 2 is 1.92 bits per heavy atom. The first kappa shape index (κ1) is 22.2. The molecule has 142 valence electrons. The first-order chi connectivity index (χ1) is 11.8. The van der Waals surface area contributed by atoms with Crippen LogP contribution in [-0.4, -0.2) is 63.3 Å². The Bertz CT molecular complexity index is 478. The highest BCUT2D eigenvalue weighted by atomic mass is 127. The lowest BCUT2D eigenvalue weighted by molar-refractivity contribution is 0.0323. The summed E-state index contributed by atoms with van der Waals surface area (Å²) < 4.78 is 5.40. The predicted octanol–water partition coefficient (Wildman–Crippen LogP) is 2.37. The highest BCUT2D eigenvalue weighted by Crippen LogP contribution is 2.04. The molecule has 1 saturated heterocycles. The summed E-state index contributed by atoms with van der Waals surface area (Å²) in [6, 6.07) is 10.6. The van der Waals surface area contributed by atoms with Crippen LogP contribution in [0.2, 0.25) is 0 Å². The van der Waals surface area contributed by atoms with Crippen LogP contribution in [0.25, 0.3) is 0 Å². The van der Waals surface area contributed by atoms with Gasteiger partial charge in [0.05, 0.1) is 13.2 Å². The van der Waals surface area contributed by atoms with Gasteiger partial charge in [0.1, 0.15) is 0 Å². The summed E-state index contributed by atoms with van der Waals surface area (Å²) in [5, 5.41) is 6.77. The van der Waals surface area contributed by atoms with Crippen LogP contribution >= 0.6 is 24.0 Å². The molecule has 6 heteroatoms. The lowest BCUT2D eigenvalue weighted by Crippen LogP contribution is -2.40. The number of ether oxygens (including phenoxy) is 1. The number of guanidine groups is 1. The number of nitrogens with one attached hydrogen (secondary N) is 2. The van der Waals surface area contributed by atoms with Crippen molar-refractivity contribution in [2.75, 3.05) is 52.5 Å². The molecule has 0 aliphatic carbocycles. The second kappa shape index (κ2) is 13.4. The van der Waals surface area contributed by atoms with Gasteiger partial charge >= 0.3 is 0 Å². The van der Waals surface area contributed by atoms with Gasteiger partial charge in [0.25, 0.3) is 0 Å². The maximum Gasteiger partial charge on any atom is 0.191 e. The van der Waals surface area contributed by atoms with Crippen molar-refractivity contribution in [3.63, 3.8) is 0 Å². The highest BCUT2D eigenvalue weighted by Gasteiger charge is 2.13. The van der Waals surface area contributed by atoms with E-state index in [1.165, 1.54) is 5.56 Å². The first-order valence-electron chi connectivity index (χ1n) is 9.14. The van der Waals surface area contributed by atoms with Crippen molar-refractivity contribution in [2.24, 2.45) is 10.9 Å². The molecule has 2 rings (SSSR count). The number of morpholine rings is 1. The van der Waals surface area contributed by atoms with Crippen molar-refractivity contribution in [2.45, 2.75) is 20.3 Å². The molecule has 1 aromatic carbocycles. The van der Waals surface area contributed by atoms with Gasteiger partial charge in [-0.3, -0.25) is 9.89 Å². The van der Waals surface area contributed by atoms with Crippen molar-refractivity contribution < 1.29 is 4.74 Å². The number of nitrogens with zero attached hydrogens (tertiary/aromatic N) is 2. The van der Waals surface area contributed by atoms with Crippen molar-refractivity contribution in [1.29, 1.82) is 0 Å². The minimum atomic E-state index is 0. The third kappa shape index (κ3) is 9.42. The van der Waals surface area contributed by atoms with E-state index in [4.69, 9.17) is 9.73 Å². The van der Waals surface area contributed by atoms with Gasteiger partial charge in [-0.15, -0.1) is 24.0 Å². The second-order valence-electron chi connectivity index (χ2n) is 6.40. The van der Waals surface area contributed by atoms with E-state index in [0.29, 0.717) is 5.92 Å². The Morgan fingerprint density at radius 3 is 2.60 bits per heavy atom. The Labute approximate surface area is 169 Å². The molecule has 1 atom stereocenters. The van der Waals surface area contributed by atoms with Crippen LogP contribution in [0.5, 0.6) is 0 Å². The van der Waals surface area contributed by atoms with E-state index in [0.717, 1.165) is 64.9 Å². The van der Waals surface area contributed by atoms with Crippen molar-refractivity contribution >= 4 is 29.9 Å². The standard InChI is InChI=1S/C19H32N4O.HI/c1-3-20-19(21-10-9-18-7-5-4-6-8-18)22-15-17(2)16-23-11-13-24-14-12-23;/h4-8,17H,3,9-16H2,1-2H3,(H2,20,21,22);1H. The highest BCUT2D eigenvalue weighted by molar-refractivity contribution is 14.0. The fourth-order valence-corrected chi connectivity index (χ4v) is 2.84. The van der Waals surface area contributed by atoms with E-state index in [1.54, 1.807) is 0 Å². The third-order valence-corrected chi connectivity index (χ3v) is 4.13. The smallest absolute Gasteiger partial charge is 0.191 e. The fraction of sp³-hybridized carbons (Fsp3) is 0.632. The molecule has 1 fully saturated rings. The predicted molar refractivity (Wildman–Crippen MR) is 116 cm³/mol. The Hall–Kier alpha value is -0.860. The Kier molecular flexibility index (Phi) is 11.9. The third-order valence-electron chi connectivity index (χ3n) is 4.13. The molecule has 1 heterocycles. The van der Waals surface area contributed by atoms with E-state index >= 15 is 0 Å². The van der Waals surface area contributed by atoms with Gasteiger partial charge in [-0.2, -0.15) is 0 Å². The first-order valence-corrected chi connectivity index (χ1v) is 9.14. The average Bonchev–Trinajstić information content (AvgIpc) is 2.61. The number of hydrogen-bond acceptors (Lipinski definition) is 3. The summed E-state index contributed by atoms with van der Waals surface area (Å²) >= 11 is 0. The van der Waals surface area contributed by atoms with Crippen LogP contribution in [0.3, 0.4) is 0 Å². The Morgan fingerprint density at radius 1 is 1.20 bits per heavy atom. The van der Waals surface area contributed by atoms with Gasteiger partial charge in [0.2, 0.25) is 0 Å². The minimum absolute atomic E-state index is 0. The molecule has 1 unspecified atom stereocenters. The maximum absolute atomic E-state index is 5.40. The summed E-state index contributed by atoms with van der Waals surface area (Å²) in [6.45, 7) is 11.9. The topological polar surface area (TPSA) is 48.9 Å². The zero-order valence-corrected chi connectivity index (χ0v) is 17.9. The second-order valence-corrected chi connectivity index (χ2v) is 6.40. The summed E-state index contributed by atoms with van der Waals surface area (Å²) in [4.78, 5) is 7.22. The largest absolute Gasteiger partial charge is 0.379 e. The zero-order valence-electron chi connectivity index (χ0n) is 15.5. The molecule has 0 saturated carbocycles. The molecular formula is C19H33IN4O. The molecule has 2 N–H and O–H groups in total. The van der Waals surface area contributed by atoms with Gasteiger partial charge < -0.3 is 15.4 Å². The number of rotatable bonds is 8. The molecule has 1 aliphatic heterocycles. The van der Waals surface area contributed by atoms with E-state index < -0.39 is 0 Å². The van der Waals surface area contributed by atoms with Crippen LogP contribution in [-0.2, 0) is 11.2 Å². The summed E-state index contributed by atoms with van der Waals surface area (Å²) in [6.07, 6.45) is 1.01. The quantitative estimate of drug-likeness (QED) is 0.356. The molecule has 5 nitrogen and oxygen atoms in total. The molecule has 0 spiro atoms. The van der Waals surface area contributed by atoms with Gasteiger partial charge in [0.15, 0.2) is 5.96 Å². The molecule has 0 amide bonds. The molecule has 0 aromatic heterocycles. The monoisotopic (exact) mass is 460 g/mol. The normalized spacial score (nSPS) is 16.8. The van der Waals surface area contributed by atoms with Crippen LogP contribution < -0.4 is 10.6 Å².